The van der Waals surface area contributed by atoms with Gasteiger partial charge in [-0.05, 0) is 42.5 Å². The Morgan fingerprint density at radius 1 is 0.923 bits per heavy atom. The van der Waals surface area contributed by atoms with E-state index in [0.29, 0.717) is 11.5 Å². The third kappa shape index (κ3) is 3.84. The lowest BCUT2D eigenvalue weighted by Gasteiger charge is -2.09. The van der Waals surface area contributed by atoms with E-state index in [9.17, 15) is 0 Å². The van der Waals surface area contributed by atoms with Gasteiger partial charge >= 0.3 is 0 Å². The summed E-state index contributed by atoms with van der Waals surface area (Å²) in [7, 11) is 0. The molecule has 0 aliphatic carbocycles. The molecule has 0 aliphatic rings. The van der Waals surface area contributed by atoms with Crippen LogP contribution in [0.25, 0.3) is 11.3 Å². The van der Waals surface area contributed by atoms with E-state index >= 15 is 0 Å². The van der Waals surface area contributed by atoms with Crippen LogP contribution in [0.15, 0.2) is 87.7 Å². The summed E-state index contributed by atoms with van der Waals surface area (Å²) in [5.41, 5.74) is 8.30. The summed E-state index contributed by atoms with van der Waals surface area (Å²) in [5, 5.41) is 3.26. The fraction of sp³-hybridized carbons (Fsp3) is 0. The van der Waals surface area contributed by atoms with Gasteiger partial charge in [-0.2, -0.15) is 4.98 Å². The number of furan rings is 1. The molecule has 0 saturated heterocycles. The van der Waals surface area contributed by atoms with Gasteiger partial charge in [0.25, 0.3) is 0 Å². The fourth-order valence-electron chi connectivity index (χ4n) is 2.38. The molecule has 1 aromatic carbocycles. The van der Waals surface area contributed by atoms with E-state index < -0.39 is 0 Å². The summed E-state index contributed by atoms with van der Waals surface area (Å²) < 4.78 is 5.10. The van der Waals surface area contributed by atoms with Gasteiger partial charge in [-0.1, -0.05) is 11.8 Å². The van der Waals surface area contributed by atoms with Crippen molar-refractivity contribution in [2.24, 2.45) is 0 Å². The lowest BCUT2D eigenvalue weighted by atomic mass is 10.2. The Morgan fingerprint density at radius 3 is 2.42 bits per heavy atom. The second-order valence-corrected chi connectivity index (χ2v) is 6.59. The number of nitrogens with one attached hydrogen (secondary N) is 1. The van der Waals surface area contributed by atoms with Crippen LogP contribution in [-0.4, -0.2) is 15.0 Å². The van der Waals surface area contributed by atoms with Crippen LogP contribution < -0.4 is 11.1 Å². The van der Waals surface area contributed by atoms with Gasteiger partial charge in [0, 0.05) is 39.5 Å². The zero-order valence-corrected chi connectivity index (χ0v) is 14.5. The van der Waals surface area contributed by atoms with Gasteiger partial charge < -0.3 is 15.5 Å². The Bertz CT molecular complexity index is 988. The third-order valence-corrected chi connectivity index (χ3v) is 4.59. The zero-order valence-electron chi connectivity index (χ0n) is 13.7. The van der Waals surface area contributed by atoms with Gasteiger partial charge in [-0.25, -0.2) is 4.98 Å². The molecule has 0 radical (unpaired) electrons. The molecule has 4 rings (SSSR count). The summed E-state index contributed by atoms with van der Waals surface area (Å²) >= 11 is 1.68. The first kappa shape index (κ1) is 16.2. The standard InChI is InChI=1S/C19H15N5OS/c20-19-23-17(13-7-10-25-12-13)11-18(24-19)22-14-1-3-15(4-2-14)26-16-5-8-21-9-6-16/h1-12H,(H3,20,22,23,24). The summed E-state index contributed by atoms with van der Waals surface area (Å²) in [6.07, 6.45) is 6.79. The highest BCUT2D eigenvalue weighted by Crippen LogP contribution is 2.29. The first-order valence-electron chi connectivity index (χ1n) is 7.88. The summed E-state index contributed by atoms with van der Waals surface area (Å²) in [6, 6.07) is 15.7. The normalized spacial score (nSPS) is 10.6. The first-order valence-corrected chi connectivity index (χ1v) is 8.70. The predicted octanol–water partition coefficient (Wildman–Crippen LogP) is 4.61. The van der Waals surface area contributed by atoms with Crippen LogP contribution in [-0.2, 0) is 0 Å². The van der Waals surface area contributed by atoms with Gasteiger partial charge in [-0.3, -0.25) is 4.98 Å². The number of anilines is 3. The number of hydrogen-bond donors (Lipinski definition) is 2. The average Bonchev–Trinajstić information content (AvgIpc) is 3.19. The fourth-order valence-corrected chi connectivity index (χ4v) is 3.19. The largest absolute Gasteiger partial charge is 0.472 e. The number of benzene rings is 1. The van der Waals surface area contributed by atoms with Crippen LogP contribution in [0.4, 0.5) is 17.5 Å². The summed E-state index contributed by atoms with van der Waals surface area (Å²) in [6.45, 7) is 0. The second-order valence-electron chi connectivity index (χ2n) is 5.44. The topological polar surface area (TPSA) is 89.9 Å². The molecule has 0 atom stereocenters. The monoisotopic (exact) mass is 361 g/mol. The van der Waals surface area contributed by atoms with Crippen LogP contribution in [0.3, 0.4) is 0 Å². The highest BCUT2D eigenvalue weighted by atomic mass is 32.2. The molecule has 0 fully saturated rings. The van der Waals surface area contributed by atoms with Gasteiger partial charge in [0.15, 0.2) is 0 Å². The molecule has 3 aromatic heterocycles. The highest BCUT2D eigenvalue weighted by molar-refractivity contribution is 7.99. The smallest absolute Gasteiger partial charge is 0.222 e. The molecule has 0 spiro atoms. The Labute approximate surface area is 154 Å². The Kier molecular flexibility index (Phi) is 4.53. The summed E-state index contributed by atoms with van der Waals surface area (Å²) in [4.78, 5) is 14.8. The first-order chi connectivity index (χ1) is 12.8. The molecule has 6 nitrogen and oxygen atoms in total. The van der Waals surface area contributed by atoms with E-state index in [-0.39, 0.29) is 5.95 Å². The Balaban J connectivity index is 1.51. The molecule has 0 aliphatic heterocycles. The molecule has 4 aromatic rings. The Morgan fingerprint density at radius 2 is 1.69 bits per heavy atom. The van der Waals surface area contributed by atoms with Crippen molar-refractivity contribution < 1.29 is 4.42 Å². The predicted molar refractivity (Wildman–Crippen MR) is 102 cm³/mol. The molecule has 26 heavy (non-hydrogen) atoms. The van der Waals surface area contributed by atoms with Crippen molar-refractivity contribution in [3.05, 3.63) is 73.5 Å². The van der Waals surface area contributed by atoms with Crippen LogP contribution in [0.1, 0.15) is 0 Å². The molecule has 0 bridgehead atoms. The molecule has 0 unspecified atom stereocenters. The molecule has 3 N–H and O–H groups in total. The molecule has 0 amide bonds. The van der Waals surface area contributed by atoms with Crippen LogP contribution in [0.5, 0.6) is 0 Å². The quantitative estimate of drug-likeness (QED) is 0.536. The Hall–Kier alpha value is -3.32. The highest BCUT2D eigenvalue weighted by Gasteiger charge is 2.07. The number of rotatable bonds is 5. The van der Waals surface area contributed by atoms with E-state index in [4.69, 9.17) is 10.2 Å². The molecular weight excluding hydrogens is 346 g/mol. The van der Waals surface area contributed by atoms with Gasteiger partial charge in [-0.15, -0.1) is 0 Å². The number of nitrogens with zero attached hydrogens (tertiary/aromatic N) is 3. The molecule has 128 valence electrons. The van der Waals surface area contributed by atoms with E-state index in [0.717, 1.165) is 21.0 Å². The molecule has 0 saturated carbocycles. The molecule has 7 heteroatoms. The number of pyridine rings is 1. The lowest BCUT2D eigenvalue weighted by Crippen LogP contribution is -2.01. The average molecular weight is 361 g/mol. The molecular formula is C19H15N5OS. The molecule has 3 heterocycles. The van der Waals surface area contributed by atoms with E-state index in [1.54, 1.807) is 36.7 Å². The second kappa shape index (κ2) is 7.28. The van der Waals surface area contributed by atoms with Crippen molar-refractivity contribution in [1.29, 1.82) is 0 Å². The maximum Gasteiger partial charge on any atom is 0.222 e. The van der Waals surface area contributed by atoms with Gasteiger partial charge in [0.2, 0.25) is 5.95 Å². The minimum absolute atomic E-state index is 0.205. The van der Waals surface area contributed by atoms with Crippen molar-refractivity contribution in [2.75, 3.05) is 11.1 Å². The van der Waals surface area contributed by atoms with Gasteiger partial charge in [0.05, 0.1) is 18.2 Å². The summed E-state index contributed by atoms with van der Waals surface area (Å²) in [5.74, 6) is 0.833. The third-order valence-electron chi connectivity index (χ3n) is 3.57. The lowest BCUT2D eigenvalue weighted by molar-refractivity contribution is 0.568. The van der Waals surface area contributed by atoms with E-state index in [2.05, 4.69) is 32.4 Å². The van der Waals surface area contributed by atoms with Crippen molar-refractivity contribution in [2.45, 2.75) is 9.79 Å². The van der Waals surface area contributed by atoms with Crippen molar-refractivity contribution >= 4 is 29.2 Å². The SMILES string of the molecule is Nc1nc(Nc2ccc(Sc3ccncc3)cc2)cc(-c2ccoc2)n1. The minimum atomic E-state index is 0.205. The van der Waals surface area contributed by atoms with Crippen molar-refractivity contribution in [1.82, 2.24) is 15.0 Å². The van der Waals surface area contributed by atoms with Crippen LogP contribution >= 0.6 is 11.8 Å². The van der Waals surface area contributed by atoms with Gasteiger partial charge in [0.1, 0.15) is 5.82 Å². The van der Waals surface area contributed by atoms with Crippen LogP contribution in [0, 0.1) is 0 Å². The van der Waals surface area contributed by atoms with E-state index in [1.807, 2.05) is 36.4 Å². The van der Waals surface area contributed by atoms with Crippen LogP contribution in [0.2, 0.25) is 0 Å². The van der Waals surface area contributed by atoms with Crippen molar-refractivity contribution in [3.63, 3.8) is 0 Å². The number of nitrogen functional groups attached to an aromatic ring is 1. The maximum absolute atomic E-state index is 5.83. The maximum atomic E-state index is 5.83. The van der Waals surface area contributed by atoms with E-state index in [1.165, 1.54) is 0 Å². The zero-order chi connectivity index (χ0) is 17.8. The minimum Gasteiger partial charge on any atom is -0.472 e. The number of nitrogens with two attached hydrogens (primary N) is 1. The number of aromatic nitrogens is 3. The number of hydrogen-bond acceptors (Lipinski definition) is 7. The van der Waals surface area contributed by atoms with Crippen molar-refractivity contribution in [3.8, 4) is 11.3 Å².